The molecule has 0 aliphatic carbocycles. The maximum atomic E-state index is 5.81. The largest absolute Gasteiger partial charge is 0.489 e. The summed E-state index contributed by atoms with van der Waals surface area (Å²) in [7, 11) is 0. The number of nitrogens with one attached hydrogen (secondary N) is 1. The number of hydrogen-bond acceptors (Lipinski definition) is 5. The Balaban J connectivity index is 1.39. The molecule has 5 nitrogen and oxygen atoms in total. The molecular formula is C20H27N3O2. The van der Waals surface area contributed by atoms with Gasteiger partial charge in [0.25, 0.3) is 0 Å². The van der Waals surface area contributed by atoms with Crippen molar-refractivity contribution in [2.45, 2.75) is 26.2 Å². The molecule has 134 valence electrons. The fourth-order valence-electron chi connectivity index (χ4n) is 2.92. The molecule has 1 aliphatic heterocycles. The van der Waals surface area contributed by atoms with E-state index in [9.17, 15) is 0 Å². The standard InChI is InChI=1S/C20H27N3O2/c1-2-23-10-11-24-20(15-23)14-22-12-17-5-7-19(8-6-17)25-16-18-4-3-9-21-13-18/h3-9,13,20,22H,2,10-12,14-16H2,1H3. The van der Waals surface area contributed by atoms with Crippen molar-refractivity contribution in [1.82, 2.24) is 15.2 Å². The maximum Gasteiger partial charge on any atom is 0.119 e. The Kier molecular flexibility index (Phi) is 6.79. The van der Waals surface area contributed by atoms with Crippen LogP contribution >= 0.6 is 0 Å². The van der Waals surface area contributed by atoms with Crippen LogP contribution in [0.1, 0.15) is 18.1 Å². The first-order valence-corrected chi connectivity index (χ1v) is 8.99. The van der Waals surface area contributed by atoms with E-state index in [1.807, 2.05) is 30.5 Å². The molecule has 0 bridgehead atoms. The van der Waals surface area contributed by atoms with Gasteiger partial charge in [-0.3, -0.25) is 9.88 Å². The number of aromatic nitrogens is 1. The zero-order valence-electron chi connectivity index (χ0n) is 14.9. The summed E-state index contributed by atoms with van der Waals surface area (Å²) in [6.45, 7) is 8.47. The van der Waals surface area contributed by atoms with Crippen molar-refractivity contribution in [3.05, 3.63) is 59.9 Å². The first kappa shape index (κ1) is 17.9. The predicted octanol–water partition coefficient (Wildman–Crippen LogP) is 2.47. The third kappa shape index (κ3) is 5.81. The molecule has 0 amide bonds. The molecule has 1 fully saturated rings. The Morgan fingerprint density at radius 1 is 1.24 bits per heavy atom. The van der Waals surface area contributed by atoms with Gasteiger partial charge >= 0.3 is 0 Å². The van der Waals surface area contributed by atoms with Crippen LogP contribution in [0.25, 0.3) is 0 Å². The van der Waals surface area contributed by atoms with E-state index >= 15 is 0 Å². The summed E-state index contributed by atoms with van der Waals surface area (Å²) >= 11 is 0. The molecule has 0 saturated carbocycles. The van der Waals surface area contributed by atoms with Gasteiger partial charge in [0, 0.05) is 44.1 Å². The molecule has 0 spiro atoms. The van der Waals surface area contributed by atoms with E-state index < -0.39 is 0 Å². The topological polar surface area (TPSA) is 46.6 Å². The van der Waals surface area contributed by atoms with Crippen molar-refractivity contribution in [3.63, 3.8) is 0 Å². The van der Waals surface area contributed by atoms with Gasteiger partial charge in [-0.05, 0) is 30.3 Å². The van der Waals surface area contributed by atoms with Gasteiger partial charge in [0.1, 0.15) is 12.4 Å². The van der Waals surface area contributed by atoms with Crippen LogP contribution in [-0.2, 0) is 17.9 Å². The third-order valence-electron chi connectivity index (χ3n) is 4.42. The SMILES string of the molecule is CCN1CCOC(CNCc2ccc(OCc3cccnc3)cc2)C1. The van der Waals surface area contributed by atoms with E-state index in [1.165, 1.54) is 5.56 Å². The number of rotatable bonds is 8. The van der Waals surface area contributed by atoms with Gasteiger partial charge in [0.15, 0.2) is 0 Å². The van der Waals surface area contributed by atoms with Crippen molar-refractivity contribution in [3.8, 4) is 5.75 Å². The van der Waals surface area contributed by atoms with Crippen LogP contribution in [0, 0.1) is 0 Å². The zero-order valence-corrected chi connectivity index (χ0v) is 14.9. The molecule has 2 aromatic rings. The monoisotopic (exact) mass is 341 g/mol. The number of hydrogen-bond donors (Lipinski definition) is 1. The highest BCUT2D eigenvalue weighted by Crippen LogP contribution is 2.14. The van der Waals surface area contributed by atoms with Crippen molar-refractivity contribution in [2.24, 2.45) is 0 Å². The van der Waals surface area contributed by atoms with Crippen LogP contribution in [0.15, 0.2) is 48.8 Å². The Hall–Kier alpha value is -1.95. The highest BCUT2D eigenvalue weighted by Gasteiger charge is 2.18. The van der Waals surface area contributed by atoms with E-state index in [4.69, 9.17) is 9.47 Å². The van der Waals surface area contributed by atoms with Crippen LogP contribution in [-0.4, -0.2) is 48.8 Å². The third-order valence-corrected chi connectivity index (χ3v) is 4.42. The van der Waals surface area contributed by atoms with Gasteiger partial charge in [0.05, 0.1) is 12.7 Å². The van der Waals surface area contributed by atoms with Gasteiger partial charge in [-0.15, -0.1) is 0 Å². The van der Waals surface area contributed by atoms with Gasteiger partial charge in [-0.2, -0.15) is 0 Å². The predicted molar refractivity (Wildman–Crippen MR) is 98.6 cm³/mol. The summed E-state index contributed by atoms with van der Waals surface area (Å²) in [5.74, 6) is 0.877. The normalized spacial score (nSPS) is 18.2. The molecule has 1 aromatic heterocycles. The number of morpholine rings is 1. The lowest BCUT2D eigenvalue weighted by atomic mass is 10.2. The van der Waals surface area contributed by atoms with Crippen LogP contribution in [0.4, 0.5) is 0 Å². The Morgan fingerprint density at radius 3 is 2.88 bits per heavy atom. The molecule has 2 heterocycles. The van der Waals surface area contributed by atoms with E-state index in [2.05, 4.69) is 34.3 Å². The van der Waals surface area contributed by atoms with Gasteiger partial charge < -0.3 is 14.8 Å². The molecule has 1 N–H and O–H groups in total. The molecule has 1 saturated heterocycles. The molecule has 0 radical (unpaired) electrons. The first-order chi connectivity index (χ1) is 12.3. The number of nitrogens with zero attached hydrogens (tertiary/aromatic N) is 2. The molecule has 1 unspecified atom stereocenters. The number of benzene rings is 1. The average Bonchev–Trinajstić information content (AvgIpc) is 2.68. The summed E-state index contributed by atoms with van der Waals surface area (Å²) in [6, 6.07) is 12.2. The zero-order chi connectivity index (χ0) is 17.3. The summed E-state index contributed by atoms with van der Waals surface area (Å²) in [6.07, 6.45) is 3.88. The van der Waals surface area contributed by atoms with Gasteiger partial charge in [-0.25, -0.2) is 0 Å². The highest BCUT2D eigenvalue weighted by atomic mass is 16.5. The van der Waals surface area contributed by atoms with Crippen molar-refractivity contribution in [1.29, 1.82) is 0 Å². The molecule has 5 heteroatoms. The van der Waals surface area contributed by atoms with E-state index in [1.54, 1.807) is 6.20 Å². The molecular weight excluding hydrogens is 314 g/mol. The van der Waals surface area contributed by atoms with Crippen molar-refractivity contribution < 1.29 is 9.47 Å². The number of pyridine rings is 1. The minimum atomic E-state index is 0.288. The van der Waals surface area contributed by atoms with Gasteiger partial charge in [-0.1, -0.05) is 25.1 Å². The second kappa shape index (κ2) is 9.51. The summed E-state index contributed by atoms with van der Waals surface area (Å²) in [4.78, 5) is 6.53. The Morgan fingerprint density at radius 2 is 2.12 bits per heavy atom. The lowest BCUT2D eigenvalue weighted by molar-refractivity contribution is -0.0253. The lowest BCUT2D eigenvalue weighted by Crippen LogP contribution is -2.46. The number of likely N-dealkylation sites (N-methyl/N-ethyl adjacent to an activating group) is 1. The quantitative estimate of drug-likeness (QED) is 0.799. The minimum absolute atomic E-state index is 0.288. The van der Waals surface area contributed by atoms with Crippen molar-refractivity contribution in [2.75, 3.05) is 32.8 Å². The van der Waals surface area contributed by atoms with Crippen LogP contribution < -0.4 is 10.1 Å². The number of ether oxygens (including phenoxy) is 2. The smallest absolute Gasteiger partial charge is 0.119 e. The second-order valence-electron chi connectivity index (χ2n) is 6.31. The lowest BCUT2D eigenvalue weighted by Gasteiger charge is -2.32. The van der Waals surface area contributed by atoms with Crippen LogP contribution in [0.3, 0.4) is 0 Å². The fraction of sp³-hybridized carbons (Fsp3) is 0.450. The maximum absolute atomic E-state index is 5.81. The summed E-state index contributed by atoms with van der Waals surface area (Å²) in [5, 5.41) is 3.49. The summed E-state index contributed by atoms with van der Waals surface area (Å²) in [5.41, 5.74) is 2.32. The van der Waals surface area contributed by atoms with Crippen molar-refractivity contribution >= 4 is 0 Å². The fourth-order valence-corrected chi connectivity index (χ4v) is 2.92. The van der Waals surface area contributed by atoms with Gasteiger partial charge in [0.2, 0.25) is 0 Å². The second-order valence-corrected chi connectivity index (χ2v) is 6.31. The molecule has 1 aliphatic rings. The summed E-state index contributed by atoms with van der Waals surface area (Å²) < 4.78 is 11.6. The minimum Gasteiger partial charge on any atom is -0.489 e. The van der Waals surface area contributed by atoms with E-state index in [0.717, 1.165) is 50.6 Å². The Labute approximate surface area is 150 Å². The Bertz CT molecular complexity index is 619. The van der Waals surface area contributed by atoms with E-state index in [0.29, 0.717) is 6.61 Å². The average molecular weight is 341 g/mol. The van der Waals surface area contributed by atoms with Crippen LogP contribution in [0.5, 0.6) is 5.75 Å². The first-order valence-electron chi connectivity index (χ1n) is 8.99. The molecule has 1 aromatic carbocycles. The molecule has 1 atom stereocenters. The molecule has 25 heavy (non-hydrogen) atoms. The van der Waals surface area contributed by atoms with E-state index in [-0.39, 0.29) is 6.10 Å². The highest BCUT2D eigenvalue weighted by molar-refractivity contribution is 5.27. The van der Waals surface area contributed by atoms with Crippen LogP contribution in [0.2, 0.25) is 0 Å². The molecule has 3 rings (SSSR count).